The number of carbonyl (C=O) groups excluding carboxylic acids is 1. The van der Waals surface area contributed by atoms with Crippen molar-refractivity contribution in [3.05, 3.63) is 74.8 Å². The standard InChI is InChI=1S/C21H21Cl2N3O/c22-16-4-1-13(2-5-16)20(11-24)25-21(27)26-8-7-18-15(12-26)9-14-3-6-17(23)10-19(14)18/h1-6,10,20H,7-9,11-12,24H2,(H,25,27). The molecule has 2 amide bonds. The number of fused-ring (bicyclic) bond motifs is 2. The van der Waals surface area contributed by atoms with E-state index in [-0.39, 0.29) is 12.1 Å². The molecule has 140 valence electrons. The zero-order chi connectivity index (χ0) is 19.0. The van der Waals surface area contributed by atoms with Crippen molar-refractivity contribution in [3.8, 4) is 0 Å². The van der Waals surface area contributed by atoms with Gasteiger partial charge in [0.25, 0.3) is 0 Å². The Hall–Kier alpha value is -2.01. The van der Waals surface area contributed by atoms with E-state index in [9.17, 15) is 4.79 Å². The molecule has 4 nitrogen and oxygen atoms in total. The molecule has 0 bridgehead atoms. The van der Waals surface area contributed by atoms with E-state index in [2.05, 4.69) is 11.4 Å². The van der Waals surface area contributed by atoms with Gasteiger partial charge in [0.2, 0.25) is 0 Å². The van der Waals surface area contributed by atoms with Crippen molar-refractivity contribution in [3.63, 3.8) is 0 Å². The first kappa shape index (κ1) is 18.4. The van der Waals surface area contributed by atoms with Gasteiger partial charge >= 0.3 is 6.03 Å². The second-order valence-corrected chi connectivity index (χ2v) is 7.89. The molecule has 0 saturated heterocycles. The number of hydrogen-bond acceptors (Lipinski definition) is 2. The average Bonchev–Trinajstić information content (AvgIpc) is 3.03. The van der Waals surface area contributed by atoms with Crippen LogP contribution in [0.2, 0.25) is 10.0 Å². The summed E-state index contributed by atoms with van der Waals surface area (Å²) in [6, 6.07) is 13.2. The van der Waals surface area contributed by atoms with Gasteiger partial charge in [-0.1, -0.05) is 41.4 Å². The van der Waals surface area contributed by atoms with E-state index in [0.717, 1.165) is 23.4 Å². The van der Waals surface area contributed by atoms with Gasteiger partial charge in [-0.2, -0.15) is 0 Å². The number of rotatable bonds is 3. The summed E-state index contributed by atoms with van der Waals surface area (Å²) in [6.07, 6.45) is 1.74. The summed E-state index contributed by atoms with van der Waals surface area (Å²) in [5.41, 5.74) is 12.1. The molecule has 1 aliphatic carbocycles. The van der Waals surface area contributed by atoms with Crippen LogP contribution in [0.5, 0.6) is 0 Å². The number of nitrogens with one attached hydrogen (secondary N) is 1. The molecular formula is C21H21Cl2N3O. The van der Waals surface area contributed by atoms with Crippen LogP contribution in [0, 0.1) is 0 Å². The van der Waals surface area contributed by atoms with Crippen LogP contribution in [0.3, 0.4) is 0 Å². The molecule has 2 aromatic rings. The van der Waals surface area contributed by atoms with E-state index in [1.54, 1.807) is 0 Å². The van der Waals surface area contributed by atoms with Crippen molar-refractivity contribution in [2.24, 2.45) is 5.73 Å². The lowest BCUT2D eigenvalue weighted by Crippen LogP contribution is -2.46. The van der Waals surface area contributed by atoms with Gasteiger partial charge in [-0.05, 0) is 64.9 Å². The molecule has 1 heterocycles. The maximum Gasteiger partial charge on any atom is 0.318 e. The fourth-order valence-electron chi connectivity index (χ4n) is 3.92. The fraction of sp³-hybridized carbons (Fsp3) is 0.286. The molecular weight excluding hydrogens is 381 g/mol. The number of benzene rings is 2. The Bertz CT molecular complexity index is 908. The first-order valence-electron chi connectivity index (χ1n) is 9.06. The van der Waals surface area contributed by atoms with Crippen molar-refractivity contribution in [2.45, 2.75) is 18.9 Å². The largest absolute Gasteiger partial charge is 0.330 e. The highest BCUT2D eigenvalue weighted by atomic mass is 35.5. The summed E-state index contributed by atoms with van der Waals surface area (Å²) in [5, 5.41) is 4.48. The first-order valence-corrected chi connectivity index (χ1v) is 9.81. The second kappa shape index (κ2) is 7.55. The Labute approximate surface area is 168 Å². The van der Waals surface area contributed by atoms with Gasteiger partial charge < -0.3 is 16.0 Å². The number of carbonyl (C=O) groups is 1. The quantitative estimate of drug-likeness (QED) is 0.799. The van der Waals surface area contributed by atoms with Crippen molar-refractivity contribution in [1.82, 2.24) is 10.2 Å². The van der Waals surface area contributed by atoms with E-state index in [1.807, 2.05) is 41.3 Å². The minimum absolute atomic E-state index is 0.0825. The van der Waals surface area contributed by atoms with Gasteiger partial charge in [0.1, 0.15) is 0 Å². The molecule has 0 spiro atoms. The third-order valence-corrected chi connectivity index (χ3v) is 5.82. The predicted molar refractivity (Wildman–Crippen MR) is 110 cm³/mol. The lowest BCUT2D eigenvalue weighted by molar-refractivity contribution is 0.197. The van der Waals surface area contributed by atoms with Crippen LogP contribution >= 0.6 is 23.2 Å². The van der Waals surface area contributed by atoms with Crippen LogP contribution in [0.25, 0.3) is 5.57 Å². The van der Waals surface area contributed by atoms with Crippen LogP contribution < -0.4 is 11.1 Å². The van der Waals surface area contributed by atoms with Gasteiger partial charge in [0, 0.05) is 29.7 Å². The summed E-state index contributed by atoms with van der Waals surface area (Å²) >= 11 is 12.1. The monoisotopic (exact) mass is 401 g/mol. The topological polar surface area (TPSA) is 58.4 Å². The summed E-state index contributed by atoms with van der Waals surface area (Å²) in [4.78, 5) is 14.7. The number of halogens is 2. The highest BCUT2D eigenvalue weighted by Gasteiger charge is 2.29. The molecule has 2 aliphatic rings. The van der Waals surface area contributed by atoms with Crippen molar-refractivity contribution in [2.75, 3.05) is 19.6 Å². The lowest BCUT2D eigenvalue weighted by atomic mass is 9.99. The molecule has 1 unspecified atom stereocenters. The molecule has 1 aliphatic heterocycles. The summed E-state index contributed by atoms with van der Waals surface area (Å²) < 4.78 is 0. The Balaban J connectivity index is 1.45. The van der Waals surface area contributed by atoms with Crippen LogP contribution in [-0.2, 0) is 6.42 Å². The maximum absolute atomic E-state index is 12.8. The smallest absolute Gasteiger partial charge is 0.318 e. The molecule has 27 heavy (non-hydrogen) atoms. The van der Waals surface area contributed by atoms with E-state index in [0.29, 0.717) is 24.7 Å². The van der Waals surface area contributed by atoms with E-state index in [4.69, 9.17) is 28.9 Å². The van der Waals surface area contributed by atoms with Gasteiger partial charge in [-0.3, -0.25) is 0 Å². The van der Waals surface area contributed by atoms with Gasteiger partial charge in [0.15, 0.2) is 0 Å². The number of nitrogens with zero attached hydrogens (tertiary/aromatic N) is 1. The van der Waals surface area contributed by atoms with Crippen molar-refractivity contribution in [1.29, 1.82) is 0 Å². The SMILES string of the molecule is NCC(NC(=O)N1CCC2=C(Cc3ccc(Cl)cc32)C1)c1ccc(Cl)cc1. The van der Waals surface area contributed by atoms with Crippen LogP contribution in [0.1, 0.15) is 29.2 Å². The average molecular weight is 402 g/mol. The zero-order valence-corrected chi connectivity index (χ0v) is 16.4. The van der Waals surface area contributed by atoms with Gasteiger partial charge in [0.05, 0.1) is 6.04 Å². The Morgan fingerprint density at radius 3 is 2.63 bits per heavy atom. The molecule has 2 aromatic carbocycles. The molecule has 0 aromatic heterocycles. The van der Waals surface area contributed by atoms with Gasteiger partial charge in [-0.15, -0.1) is 0 Å². The van der Waals surface area contributed by atoms with Crippen molar-refractivity contribution < 1.29 is 4.79 Å². The number of amides is 2. The predicted octanol–water partition coefficient (Wildman–Crippen LogP) is 4.42. The van der Waals surface area contributed by atoms with Crippen LogP contribution in [0.4, 0.5) is 4.79 Å². The lowest BCUT2D eigenvalue weighted by Gasteiger charge is -2.30. The normalized spacial score (nSPS) is 16.8. The van der Waals surface area contributed by atoms with Gasteiger partial charge in [-0.25, -0.2) is 4.79 Å². The highest BCUT2D eigenvalue weighted by molar-refractivity contribution is 6.31. The third-order valence-electron chi connectivity index (χ3n) is 5.33. The number of hydrogen-bond donors (Lipinski definition) is 2. The maximum atomic E-state index is 12.8. The zero-order valence-electron chi connectivity index (χ0n) is 14.8. The molecule has 0 radical (unpaired) electrons. The van der Waals surface area contributed by atoms with E-state index in [1.165, 1.54) is 22.3 Å². The molecule has 1 atom stereocenters. The summed E-state index contributed by atoms with van der Waals surface area (Å²) in [6.45, 7) is 1.67. The molecule has 4 rings (SSSR count). The summed E-state index contributed by atoms with van der Waals surface area (Å²) in [5.74, 6) is 0. The van der Waals surface area contributed by atoms with E-state index >= 15 is 0 Å². The van der Waals surface area contributed by atoms with E-state index < -0.39 is 0 Å². The second-order valence-electron chi connectivity index (χ2n) is 7.02. The molecule has 0 fully saturated rings. The number of urea groups is 1. The minimum atomic E-state index is -0.232. The Kier molecular flexibility index (Phi) is 5.13. The Morgan fingerprint density at radius 1 is 1.15 bits per heavy atom. The number of nitrogens with two attached hydrogens (primary N) is 1. The highest BCUT2D eigenvalue weighted by Crippen LogP contribution is 2.39. The van der Waals surface area contributed by atoms with Crippen LogP contribution in [0.15, 0.2) is 48.0 Å². The fourth-order valence-corrected chi connectivity index (χ4v) is 4.21. The van der Waals surface area contributed by atoms with Crippen molar-refractivity contribution >= 4 is 34.8 Å². The minimum Gasteiger partial charge on any atom is -0.330 e. The van der Waals surface area contributed by atoms with Crippen LogP contribution in [-0.4, -0.2) is 30.6 Å². The molecule has 6 heteroatoms. The Morgan fingerprint density at radius 2 is 1.89 bits per heavy atom. The molecule has 3 N–H and O–H groups in total. The first-order chi connectivity index (χ1) is 13.0. The third kappa shape index (κ3) is 3.70. The summed E-state index contributed by atoms with van der Waals surface area (Å²) in [7, 11) is 0. The molecule has 0 saturated carbocycles.